The smallest absolute Gasteiger partial charge is 0.164 e. The fourth-order valence-electron chi connectivity index (χ4n) is 19.4. The number of nitrogens with zero attached hydrogens (tertiary/aromatic N) is 9. The molecule has 0 aliphatic carbocycles. The molecule has 12 heteroatoms. The van der Waals surface area contributed by atoms with Gasteiger partial charge in [0.25, 0.3) is 0 Å². The second-order valence-electron chi connectivity index (χ2n) is 34.9. The van der Waals surface area contributed by atoms with Gasteiger partial charge in [0.1, 0.15) is 33.5 Å². The minimum Gasteiger partial charge on any atom is -0.456 e. The highest BCUT2D eigenvalue weighted by Crippen LogP contribution is 2.47. The van der Waals surface area contributed by atoms with E-state index in [1.54, 1.807) is 0 Å². The van der Waals surface area contributed by atoms with Crippen LogP contribution in [0.4, 0.5) is 0 Å². The van der Waals surface area contributed by atoms with Gasteiger partial charge in [0.2, 0.25) is 0 Å². The zero-order chi connectivity index (χ0) is 93.5. The molecule has 0 bridgehead atoms. The van der Waals surface area contributed by atoms with Crippen LogP contribution in [-0.2, 0) is 0 Å². The van der Waals surface area contributed by atoms with Crippen molar-refractivity contribution in [3.63, 3.8) is 0 Å². The van der Waals surface area contributed by atoms with Crippen LogP contribution in [0.1, 0.15) is 0 Å². The van der Waals surface area contributed by atoms with Crippen molar-refractivity contribution in [3.8, 4) is 169 Å². The van der Waals surface area contributed by atoms with E-state index < -0.39 is 0 Å². The maximum Gasteiger partial charge on any atom is 0.164 e. The molecule has 0 amide bonds. The van der Waals surface area contributed by atoms with Crippen LogP contribution in [0.5, 0.6) is 0 Å². The van der Waals surface area contributed by atoms with Crippen molar-refractivity contribution in [1.29, 1.82) is 0 Å². The first kappa shape index (κ1) is 83.6. The molecule has 0 atom stereocenters. The predicted octanol–water partition coefficient (Wildman–Crippen LogP) is 33.8. The molecule has 27 rings (SSSR count). The summed E-state index contributed by atoms with van der Waals surface area (Å²) < 4.78 is 18.8. The zero-order valence-corrected chi connectivity index (χ0v) is 76.0. The molecule has 0 fully saturated rings. The molecular weight excluding hydrogens is 1720 g/mol. The molecule has 0 aliphatic heterocycles. The van der Waals surface area contributed by atoms with Crippen molar-refractivity contribution in [3.05, 3.63) is 491 Å². The van der Waals surface area contributed by atoms with Crippen LogP contribution in [0, 0.1) is 0 Å². The van der Waals surface area contributed by atoms with Gasteiger partial charge in [-0.15, -0.1) is 0 Å². The van der Waals surface area contributed by atoms with E-state index in [0.717, 1.165) is 204 Å². The van der Waals surface area contributed by atoms with Crippen LogP contribution in [0.15, 0.2) is 505 Å². The molecule has 0 radical (unpaired) electrons. The van der Waals surface area contributed by atoms with Gasteiger partial charge in [-0.05, 0) is 178 Å². The molecule has 6 heterocycles. The summed E-state index contributed by atoms with van der Waals surface area (Å²) >= 11 is 0. The molecule has 0 saturated heterocycles. The van der Waals surface area contributed by atoms with Crippen LogP contribution >= 0.6 is 0 Å². The van der Waals surface area contributed by atoms with E-state index in [2.05, 4.69) is 328 Å². The summed E-state index contributed by atoms with van der Waals surface area (Å²) in [4.78, 5) is 45.5. The molecule has 0 spiro atoms. The third-order valence-electron chi connectivity index (χ3n) is 26.2. The van der Waals surface area contributed by atoms with E-state index in [1.807, 2.05) is 164 Å². The molecule has 12 nitrogen and oxygen atoms in total. The first-order valence-corrected chi connectivity index (χ1v) is 47.1. The number of fused-ring (bicyclic) bond motifs is 12. The monoisotopic (exact) mass is 1800 g/mol. The highest BCUT2D eigenvalue weighted by Gasteiger charge is 2.25. The van der Waals surface area contributed by atoms with Crippen LogP contribution in [0.2, 0.25) is 0 Å². The Kier molecular flexibility index (Phi) is 21.7. The summed E-state index contributed by atoms with van der Waals surface area (Å²) in [7, 11) is 0. The Labute approximate surface area is 811 Å². The molecule has 0 unspecified atom stereocenters. The van der Waals surface area contributed by atoms with Crippen molar-refractivity contribution >= 4 is 98.1 Å². The Bertz CT molecular complexity index is 9250. The van der Waals surface area contributed by atoms with E-state index in [9.17, 15) is 0 Å². The van der Waals surface area contributed by atoms with Gasteiger partial charge in [-0.25, -0.2) is 44.9 Å². The second kappa shape index (κ2) is 36.6. The third kappa shape index (κ3) is 16.4. The van der Waals surface area contributed by atoms with Gasteiger partial charge in [0.15, 0.2) is 52.4 Å². The molecule has 0 aliphatic rings. The van der Waals surface area contributed by atoms with Gasteiger partial charge < -0.3 is 13.3 Å². The van der Waals surface area contributed by atoms with Crippen molar-refractivity contribution in [1.82, 2.24) is 44.9 Å². The standard InChI is InChI=1S/C49H31N3O.C43H27N3O.C37H23N3O/c1-3-12-32(13-4-1)34-22-26-36(27-23-34)47-50-48(37-28-24-35(25-29-37)33-14-5-2-6-15-33)52-49(51-47)39-30-38-16-7-8-17-40(38)43(31-39)41-19-11-21-45-46(41)42-18-9-10-20-44(42)53-45;1-3-13-28(14-4-1)30-18-11-19-32(25-30)42-44-41(29-15-5-2-6-16-29)45-43(46-42)33-26-31-17-7-8-20-34(31)37(27-33)35-22-12-24-39-40(35)36-21-9-10-23-38(36)47-39;1-3-12-24(13-4-1)35-38-36(25-14-5-2-6-15-25)40-37(39-35)27-22-26-16-7-8-17-28(26)31(23-27)29-19-11-21-33-34(29)30-18-9-10-20-32(30)41-33/h1-31H;1-27H;1-23H. The Morgan fingerprint density at radius 2 is 0.312 bits per heavy atom. The van der Waals surface area contributed by atoms with Gasteiger partial charge in [-0.2, -0.15) is 0 Å². The number of furan rings is 3. The molecule has 0 saturated carbocycles. The first-order valence-electron chi connectivity index (χ1n) is 47.1. The molecule has 0 N–H and O–H groups in total. The summed E-state index contributed by atoms with van der Waals surface area (Å²) in [5.74, 6) is 5.66. The number of para-hydroxylation sites is 3. The predicted molar refractivity (Wildman–Crippen MR) is 575 cm³/mol. The highest BCUT2D eigenvalue weighted by atomic mass is 16.3. The molecule has 660 valence electrons. The van der Waals surface area contributed by atoms with E-state index >= 15 is 0 Å². The molecule has 6 aromatic heterocycles. The van der Waals surface area contributed by atoms with Crippen molar-refractivity contribution < 1.29 is 13.3 Å². The highest BCUT2D eigenvalue weighted by molar-refractivity contribution is 6.19. The maximum absolute atomic E-state index is 6.31. The van der Waals surface area contributed by atoms with E-state index in [0.29, 0.717) is 52.4 Å². The average molecular weight is 1810 g/mol. The SMILES string of the molecule is c1ccc(-c2ccc(-c3nc(-c4ccc(-c5ccccc5)cc4)nc(-c4cc(-c5cccc6oc7ccccc7c56)c5ccccc5c4)n3)cc2)cc1.c1ccc(-c2cccc(-c3nc(-c4ccccc4)nc(-c4cc(-c5cccc6oc7ccccc7c56)c5ccccc5c4)n3)c2)cc1.c1ccc(-c2nc(-c3ccccc3)nc(-c3cc(-c4cccc5oc6ccccc6c45)c4ccccc4c3)n2)cc1. The molecule has 21 aromatic carbocycles. The fourth-order valence-corrected chi connectivity index (χ4v) is 19.4. The molecular formula is C129H81N9O3. The topological polar surface area (TPSA) is 155 Å². The van der Waals surface area contributed by atoms with Crippen molar-refractivity contribution in [2.75, 3.05) is 0 Å². The van der Waals surface area contributed by atoms with Crippen molar-refractivity contribution in [2.45, 2.75) is 0 Å². The Balaban J connectivity index is 0.000000112. The Morgan fingerprint density at radius 3 is 0.617 bits per heavy atom. The van der Waals surface area contributed by atoms with Crippen LogP contribution in [0.25, 0.3) is 267 Å². The number of hydrogen-bond acceptors (Lipinski definition) is 12. The Hall–Kier alpha value is -19.2. The quantitative estimate of drug-likeness (QED) is 0.0959. The average Bonchev–Trinajstić information content (AvgIpc) is 1.58. The largest absolute Gasteiger partial charge is 0.456 e. The van der Waals surface area contributed by atoms with Crippen LogP contribution < -0.4 is 0 Å². The number of hydrogen-bond donors (Lipinski definition) is 0. The van der Waals surface area contributed by atoms with E-state index in [1.165, 1.54) is 11.1 Å². The minimum absolute atomic E-state index is 0.612. The number of rotatable bonds is 15. The number of benzene rings is 21. The molecule has 27 aromatic rings. The second-order valence-corrected chi connectivity index (χ2v) is 34.9. The lowest BCUT2D eigenvalue weighted by Gasteiger charge is -2.13. The Morgan fingerprint density at radius 1 is 0.113 bits per heavy atom. The van der Waals surface area contributed by atoms with E-state index in [-0.39, 0.29) is 0 Å². The minimum atomic E-state index is 0.612. The summed E-state index contributed by atoms with van der Waals surface area (Å²) in [5.41, 5.74) is 27.1. The zero-order valence-electron chi connectivity index (χ0n) is 76.0. The lowest BCUT2D eigenvalue weighted by molar-refractivity contribution is 0.668. The van der Waals surface area contributed by atoms with Gasteiger partial charge >= 0.3 is 0 Å². The van der Waals surface area contributed by atoms with Crippen LogP contribution in [0.3, 0.4) is 0 Å². The van der Waals surface area contributed by atoms with Crippen LogP contribution in [-0.4, -0.2) is 44.9 Å². The lowest BCUT2D eigenvalue weighted by atomic mass is 9.92. The summed E-state index contributed by atoms with van der Waals surface area (Å²) in [5, 5.41) is 13.4. The summed E-state index contributed by atoms with van der Waals surface area (Å²) in [6.07, 6.45) is 0. The summed E-state index contributed by atoms with van der Waals surface area (Å²) in [6, 6.07) is 169. The van der Waals surface area contributed by atoms with Gasteiger partial charge in [0.05, 0.1) is 0 Å². The summed E-state index contributed by atoms with van der Waals surface area (Å²) in [6.45, 7) is 0. The lowest BCUT2D eigenvalue weighted by Crippen LogP contribution is -2.00. The van der Waals surface area contributed by atoms with Gasteiger partial charge in [-0.1, -0.05) is 413 Å². The van der Waals surface area contributed by atoms with Gasteiger partial charge in [0, 0.05) is 82.4 Å². The molecule has 141 heavy (non-hydrogen) atoms. The maximum atomic E-state index is 6.31. The fraction of sp³-hybridized carbons (Fsp3) is 0. The van der Waals surface area contributed by atoms with Gasteiger partial charge in [-0.3, -0.25) is 0 Å². The van der Waals surface area contributed by atoms with Crippen molar-refractivity contribution in [2.24, 2.45) is 0 Å². The normalized spacial score (nSPS) is 11.4. The number of aromatic nitrogens is 9. The first-order chi connectivity index (χ1) is 69.8. The third-order valence-corrected chi connectivity index (χ3v) is 26.2. The van der Waals surface area contributed by atoms with E-state index in [4.69, 9.17) is 58.1 Å².